The van der Waals surface area contributed by atoms with Crippen molar-refractivity contribution in [2.24, 2.45) is 10.9 Å². The first-order valence-corrected chi connectivity index (χ1v) is 7.10. The molecule has 21 heavy (non-hydrogen) atoms. The number of rotatable bonds is 6. The quantitative estimate of drug-likeness (QED) is 0.434. The van der Waals surface area contributed by atoms with Gasteiger partial charge in [-0.25, -0.2) is 4.98 Å². The predicted octanol–water partition coefficient (Wildman–Crippen LogP) is 2.48. The van der Waals surface area contributed by atoms with Crippen molar-refractivity contribution in [3.63, 3.8) is 0 Å². The van der Waals surface area contributed by atoms with Crippen LogP contribution < -0.4 is 15.5 Å². The molecule has 0 bridgehead atoms. The minimum atomic E-state index is 0. The van der Waals surface area contributed by atoms with Gasteiger partial charge in [0.15, 0.2) is 5.96 Å². The Morgan fingerprint density at radius 2 is 2.00 bits per heavy atom. The van der Waals surface area contributed by atoms with E-state index in [9.17, 15) is 0 Å². The fourth-order valence-corrected chi connectivity index (χ4v) is 1.69. The van der Waals surface area contributed by atoms with Gasteiger partial charge in [0, 0.05) is 27.7 Å². The molecule has 0 saturated carbocycles. The van der Waals surface area contributed by atoms with Crippen molar-refractivity contribution in [2.45, 2.75) is 26.8 Å². The Hall–Kier alpha value is -1.05. The number of nitrogens with zero attached hydrogens (tertiary/aromatic N) is 3. The second-order valence-corrected chi connectivity index (χ2v) is 5.42. The highest BCUT2D eigenvalue weighted by Gasteiger charge is 2.02. The highest BCUT2D eigenvalue weighted by molar-refractivity contribution is 14.0. The van der Waals surface area contributed by atoms with Crippen molar-refractivity contribution in [2.75, 3.05) is 32.6 Å². The fraction of sp³-hybridized carbons (Fsp3) is 0.600. The zero-order valence-corrected chi connectivity index (χ0v) is 16.0. The summed E-state index contributed by atoms with van der Waals surface area (Å²) in [6, 6.07) is 6.04. The number of halogens is 1. The summed E-state index contributed by atoms with van der Waals surface area (Å²) in [5, 5.41) is 6.59. The number of aliphatic imine (C=N–C) groups is 1. The average Bonchev–Trinajstić information content (AvgIpc) is 2.42. The molecule has 2 N–H and O–H groups in total. The Labute approximate surface area is 145 Å². The molecular formula is C15H28IN5. The minimum Gasteiger partial charge on any atom is -0.363 e. The molecule has 0 saturated heterocycles. The molecule has 0 atom stereocenters. The summed E-state index contributed by atoms with van der Waals surface area (Å²) in [6.07, 6.45) is 1.13. The van der Waals surface area contributed by atoms with Gasteiger partial charge in [-0.15, -0.1) is 24.0 Å². The van der Waals surface area contributed by atoms with Gasteiger partial charge in [-0.2, -0.15) is 0 Å². The molecule has 5 nitrogen and oxygen atoms in total. The summed E-state index contributed by atoms with van der Waals surface area (Å²) in [5.41, 5.74) is 1.00. The first-order valence-electron chi connectivity index (χ1n) is 7.10. The van der Waals surface area contributed by atoms with E-state index in [2.05, 4.69) is 34.5 Å². The molecule has 0 aromatic carbocycles. The van der Waals surface area contributed by atoms with E-state index in [0.717, 1.165) is 30.4 Å². The van der Waals surface area contributed by atoms with Crippen LogP contribution in [-0.2, 0) is 6.54 Å². The molecule has 120 valence electrons. The molecule has 0 aliphatic carbocycles. The van der Waals surface area contributed by atoms with Crippen molar-refractivity contribution >= 4 is 35.8 Å². The van der Waals surface area contributed by atoms with E-state index in [1.807, 2.05) is 37.2 Å². The van der Waals surface area contributed by atoms with Crippen LogP contribution in [0, 0.1) is 5.92 Å². The third kappa shape index (κ3) is 8.08. The summed E-state index contributed by atoms with van der Waals surface area (Å²) in [7, 11) is 5.77. The summed E-state index contributed by atoms with van der Waals surface area (Å²) >= 11 is 0. The molecule has 0 fully saturated rings. The Morgan fingerprint density at radius 1 is 1.29 bits per heavy atom. The summed E-state index contributed by atoms with van der Waals surface area (Å²) in [6.45, 7) is 6.04. The second-order valence-electron chi connectivity index (χ2n) is 5.42. The maximum Gasteiger partial charge on any atom is 0.191 e. The van der Waals surface area contributed by atoms with Gasteiger partial charge in [0.1, 0.15) is 5.82 Å². The summed E-state index contributed by atoms with van der Waals surface area (Å²) in [5.74, 6) is 2.48. The molecule has 0 spiro atoms. The lowest BCUT2D eigenvalue weighted by Gasteiger charge is -2.14. The van der Waals surface area contributed by atoms with Crippen molar-refractivity contribution in [1.82, 2.24) is 15.6 Å². The maximum atomic E-state index is 4.57. The molecule has 0 aliphatic heterocycles. The van der Waals surface area contributed by atoms with Crippen LogP contribution in [0.15, 0.2) is 23.2 Å². The van der Waals surface area contributed by atoms with Crippen LogP contribution in [0.2, 0.25) is 0 Å². The highest BCUT2D eigenvalue weighted by Crippen LogP contribution is 2.07. The van der Waals surface area contributed by atoms with Crippen LogP contribution >= 0.6 is 24.0 Å². The van der Waals surface area contributed by atoms with E-state index in [4.69, 9.17) is 0 Å². The molecule has 0 aliphatic rings. The zero-order valence-electron chi connectivity index (χ0n) is 13.7. The Balaban J connectivity index is 0.00000400. The van der Waals surface area contributed by atoms with Gasteiger partial charge in [-0.3, -0.25) is 4.99 Å². The topological polar surface area (TPSA) is 52.6 Å². The Bertz CT molecular complexity index is 432. The summed E-state index contributed by atoms with van der Waals surface area (Å²) in [4.78, 5) is 10.8. The standard InChI is InChI=1S/C15H27N5.HI/c1-12(2)9-10-17-15(16-3)18-11-13-7-6-8-14(19-13)20(4)5;/h6-8,12H,9-11H2,1-5H3,(H2,16,17,18);1H. The van der Waals surface area contributed by atoms with Crippen LogP contribution in [0.25, 0.3) is 0 Å². The van der Waals surface area contributed by atoms with E-state index in [0.29, 0.717) is 12.5 Å². The first-order chi connectivity index (χ1) is 9.52. The lowest BCUT2D eigenvalue weighted by atomic mass is 10.1. The van der Waals surface area contributed by atoms with Crippen molar-refractivity contribution in [3.8, 4) is 0 Å². The highest BCUT2D eigenvalue weighted by atomic mass is 127. The monoisotopic (exact) mass is 405 g/mol. The van der Waals surface area contributed by atoms with E-state index in [-0.39, 0.29) is 24.0 Å². The average molecular weight is 405 g/mol. The van der Waals surface area contributed by atoms with Crippen LogP contribution in [-0.4, -0.2) is 38.6 Å². The van der Waals surface area contributed by atoms with Gasteiger partial charge < -0.3 is 15.5 Å². The Kier molecular flexibility index (Phi) is 10.1. The lowest BCUT2D eigenvalue weighted by Crippen LogP contribution is -2.37. The van der Waals surface area contributed by atoms with E-state index < -0.39 is 0 Å². The van der Waals surface area contributed by atoms with Crippen molar-refractivity contribution < 1.29 is 0 Å². The van der Waals surface area contributed by atoms with E-state index in [1.54, 1.807) is 7.05 Å². The lowest BCUT2D eigenvalue weighted by molar-refractivity contribution is 0.573. The predicted molar refractivity (Wildman–Crippen MR) is 102 cm³/mol. The van der Waals surface area contributed by atoms with Crippen molar-refractivity contribution in [1.29, 1.82) is 0 Å². The molecular weight excluding hydrogens is 377 g/mol. The van der Waals surface area contributed by atoms with Crippen LogP contribution in [0.4, 0.5) is 5.82 Å². The van der Waals surface area contributed by atoms with Gasteiger partial charge in [0.05, 0.1) is 12.2 Å². The minimum absolute atomic E-state index is 0. The van der Waals surface area contributed by atoms with Crippen LogP contribution in [0.5, 0.6) is 0 Å². The number of anilines is 1. The molecule has 0 unspecified atom stereocenters. The zero-order chi connectivity index (χ0) is 15.0. The SMILES string of the molecule is CN=C(NCCC(C)C)NCc1cccc(N(C)C)n1.I. The molecule has 1 aromatic heterocycles. The largest absolute Gasteiger partial charge is 0.363 e. The molecule has 0 radical (unpaired) electrons. The van der Waals surface area contributed by atoms with Crippen LogP contribution in [0.1, 0.15) is 26.0 Å². The molecule has 1 heterocycles. The Morgan fingerprint density at radius 3 is 2.57 bits per heavy atom. The third-order valence-corrected chi connectivity index (χ3v) is 2.92. The number of pyridine rings is 1. The van der Waals surface area contributed by atoms with Gasteiger partial charge in [0.2, 0.25) is 0 Å². The molecule has 0 amide bonds. The fourth-order valence-electron chi connectivity index (χ4n) is 1.69. The smallest absolute Gasteiger partial charge is 0.191 e. The van der Waals surface area contributed by atoms with E-state index >= 15 is 0 Å². The number of hydrogen-bond acceptors (Lipinski definition) is 3. The molecule has 1 rings (SSSR count). The van der Waals surface area contributed by atoms with Gasteiger partial charge in [0.25, 0.3) is 0 Å². The maximum absolute atomic E-state index is 4.57. The number of nitrogens with one attached hydrogen (secondary N) is 2. The summed E-state index contributed by atoms with van der Waals surface area (Å²) < 4.78 is 0. The normalized spacial score (nSPS) is 11.0. The molecule has 1 aromatic rings. The number of hydrogen-bond donors (Lipinski definition) is 2. The number of guanidine groups is 1. The molecule has 6 heteroatoms. The van der Waals surface area contributed by atoms with Gasteiger partial charge >= 0.3 is 0 Å². The second kappa shape index (κ2) is 10.6. The van der Waals surface area contributed by atoms with Gasteiger partial charge in [-0.1, -0.05) is 19.9 Å². The third-order valence-electron chi connectivity index (χ3n) is 2.92. The van der Waals surface area contributed by atoms with E-state index in [1.165, 1.54) is 0 Å². The van der Waals surface area contributed by atoms with Crippen LogP contribution in [0.3, 0.4) is 0 Å². The first kappa shape index (κ1) is 19.9. The number of aromatic nitrogens is 1. The van der Waals surface area contributed by atoms with Gasteiger partial charge in [-0.05, 0) is 24.5 Å². The van der Waals surface area contributed by atoms with Crippen molar-refractivity contribution in [3.05, 3.63) is 23.9 Å².